The van der Waals surface area contributed by atoms with Crippen molar-refractivity contribution in [3.8, 4) is 11.5 Å². The summed E-state index contributed by atoms with van der Waals surface area (Å²) in [6.07, 6.45) is 2.53. The average Bonchev–Trinajstić information content (AvgIpc) is 3.26. The van der Waals surface area contributed by atoms with Crippen LogP contribution in [0.3, 0.4) is 0 Å². The Kier molecular flexibility index (Phi) is 3.70. The maximum atomic E-state index is 13.3. The summed E-state index contributed by atoms with van der Waals surface area (Å²) in [6.45, 7) is 2.55. The van der Waals surface area contributed by atoms with Gasteiger partial charge in [0, 0.05) is 18.2 Å². The van der Waals surface area contributed by atoms with Crippen molar-refractivity contribution in [1.29, 1.82) is 0 Å². The van der Waals surface area contributed by atoms with Gasteiger partial charge in [0.15, 0.2) is 0 Å². The summed E-state index contributed by atoms with van der Waals surface area (Å²) in [6, 6.07) is 13.4. The normalized spacial score (nSPS) is 14.3. The van der Waals surface area contributed by atoms with Crippen LogP contribution in [0, 0.1) is 12.7 Å². The number of rotatable bonds is 5. The third-order valence-electron chi connectivity index (χ3n) is 3.49. The molecule has 0 bridgehead atoms. The van der Waals surface area contributed by atoms with E-state index in [2.05, 4.69) is 11.4 Å². The molecule has 1 saturated carbocycles. The molecule has 3 heteroatoms. The summed E-state index contributed by atoms with van der Waals surface area (Å²) in [5.41, 5.74) is 1.72. The molecule has 2 nitrogen and oxygen atoms in total. The van der Waals surface area contributed by atoms with Gasteiger partial charge in [0.05, 0.1) is 0 Å². The van der Waals surface area contributed by atoms with Crippen molar-refractivity contribution < 1.29 is 9.13 Å². The molecule has 1 N–H and O–H groups in total. The fraction of sp³-hybridized carbons (Fsp3) is 0.294. The van der Waals surface area contributed by atoms with Gasteiger partial charge in [-0.1, -0.05) is 18.2 Å². The first-order valence-corrected chi connectivity index (χ1v) is 6.97. The molecule has 0 unspecified atom stereocenters. The topological polar surface area (TPSA) is 21.3 Å². The molecule has 1 aliphatic rings. The maximum absolute atomic E-state index is 13.3. The molecule has 0 aliphatic heterocycles. The number of nitrogens with one attached hydrogen (secondary N) is 1. The van der Waals surface area contributed by atoms with Gasteiger partial charge in [0.25, 0.3) is 0 Å². The number of aryl methyl sites for hydroxylation is 1. The van der Waals surface area contributed by atoms with Gasteiger partial charge in [-0.15, -0.1) is 0 Å². The zero-order chi connectivity index (χ0) is 13.9. The second-order valence-corrected chi connectivity index (χ2v) is 5.28. The molecule has 104 valence electrons. The summed E-state index contributed by atoms with van der Waals surface area (Å²) in [5, 5.41) is 3.48. The second kappa shape index (κ2) is 5.63. The average molecular weight is 271 g/mol. The highest BCUT2D eigenvalue weighted by Crippen LogP contribution is 2.27. The molecule has 20 heavy (non-hydrogen) atoms. The SMILES string of the molecule is Cc1cc(Oc2ccccc2CNC2CC2)ccc1F. The monoisotopic (exact) mass is 271 g/mol. The number of ether oxygens (including phenoxy) is 1. The lowest BCUT2D eigenvalue weighted by atomic mass is 10.2. The van der Waals surface area contributed by atoms with E-state index in [9.17, 15) is 4.39 Å². The summed E-state index contributed by atoms with van der Waals surface area (Å²) in [4.78, 5) is 0. The first-order chi connectivity index (χ1) is 9.72. The smallest absolute Gasteiger partial charge is 0.131 e. The van der Waals surface area contributed by atoms with Crippen LogP contribution < -0.4 is 10.1 Å². The first-order valence-electron chi connectivity index (χ1n) is 6.97. The Morgan fingerprint density at radius 1 is 1.20 bits per heavy atom. The molecule has 0 saturated heterocycles. The lowest BCUT2D eigenvalue weighted by Crippen LogP contribution is -2.15. The van der Waals surface area contributed by atoms with Gasteiger partial charge in [0.2, 0.25) is 0 Å². The van der Waals surface area contributed by atoms with Crippen LogP contribution in [0.1, 0.15) is 24.0 Å². The van der Waals surface area contributed by atoms with E-state index in [1.165, 1.54) is 18.9 Å². The fourth-order valence-corrected chi connectivity index (χ4v) is 2.10. The molecule has 1 aliphatic carbocycles. The van der Waals surface area contributed by atoms with Crippen molar-refractivity contribution in [2.24, 2.45) is 0 Å². The Labute approximate surface area is 118 Å². The molecular formula is C17H18FNO. The van der Waals surface area contributed by atoms with Crippen molar-refractivity contribution in [1.82, 2.24) is 5.32 Å². The molecule has 0 spiro atoms. The minimum Gasteiger partial charge on any atom is -0.457 e. The predicted octanol–water partition coefficient (Wildman–Crippen LogP) is 4.18. The highest BCUT2D eigenvalue weighted by atomic mass is 19.1. The van der Waals surface area contributed by atoms with Gasteiger partial charge in [-0.2, -0.15) is 0 Å². The standard InChI is InChI=1S/C17H18FNO/c1-12-10-15(8-9-16(12)18)20-17-5-3-2-4-13(17)11-19-14-6-7-14/h2-5,8-10,14,19H,6-7,11H2,1H3. The minimum absolute atomic E-state index is 0.207. The molecule has 0 atom stereocenters. The number of halogens is 1. The van der Waals surface area contributed by atoms with E-state index in [4.69, 9.17) is 4.74 Å². The predicted molar refractivity (Wildman–Crippen MR) is 77.5 cm³/mol. The van der Waals surface area contributed by atoms with Gasteiger partial charge in [-0.25, -0.2) is 4.39 Å². The Morgan fingerprint density at radius 2 is 2.00 bits per heavy atom. The Bertz CT molecular complexity index is 608. The van der Waals surface area contributed by atoms with Crippen LogP contribution in [0.15, 0.2) is 42.5 Å². The maximum Gasteiger partial charge on any atom is 0.131 e. The first kappa shape index (κ1) is 13.1. The zero-order valence-electron chi connectivity index (χ0n) is 11.5. The van der Waals surface area contributed by atoms with E-state index >= 15 is 0 Å². The van der Waals surface area contributed by atoms with Crippen LogP contribution in [0.25, 0.3) is 0 Å². The van der Waals surface area contributed by atoms with E-state index in [1.54, 1.807) is 19.1 Å². The van der Waals surface area contributed by atoms with Crippen molar-refractivity contribution in [2.75, 3.05) is 0 Å². The van der Waals surface area contributed by atoms with E-state index in [0.717, 1.165) is 17.9 Å². The van der Waals surface area contributed by atoms with Gasteiger partial charge in [0.1, 0.15) is 17.3 Å². The molecule has 2 aromatic rings. The number of hydrogen-bond donors (Lipinski definition) is 1. The van der Waals surface area contributed by atoms with Gasteiger partial charge in [-0.05, 0) is 49.6 Å². The highest BCUT2D eigenvalue weighted by molar-refractivity contribution is 5.39. The lowest BCUT2D eigenvalue weighted by Gasteiger charge is -2.12. The number of hydrogen-bond acceptors (Lipinski definition) is 2. The van der Waals surface area contributed by atoms with Gasteiger partial charge < -0.3 is 10.1 Å². The second-order valence-electron chi connectivity index (χ2n) is 5.28. The van der Waals surface area contributed by atoms with E-state index in [-0.39, 0.29) is 5.82 Å². The van der Waals surface area contributed by atoms with Crippen molar-refractivity contribution in [3.05, 3.63) is 59.4 Å². The Morgan fingerprint density at radius 3 is 2.75 bits per heavy atom. The molecule has 1 fully saturated rings. The summed E-state index contributed by atoms with van der Waals surface area (Å²) in [5.74, 6) is 1.29. The van der Waals surface area contributed by atoms with Crippen molar-refractivity contribution in [2.45, 2.75) is 32.4 Å². The van der Waals surface area contributed by atoms with Gasteiger partial charge >= 0.3 is 0 Å². The minimum atomic E-state index is -0.207. The van der Waals surface area contributed by atoms with E-state index in [1.807, 2.05) is 18.2 Å². The molecular weight excluding hydrogens is 253 g/mol. The zero-order valence-corrected chi connectivity index (χ0v) is 11.5. The van der Waals surface area contributed by atoms with Crippen LogP contribution in [0.5, 0.6) is 11.5 Å². The quantitative estimate of drug-likeness (QED) is 0.881. The summed E-state index contributed by atoms with van der Waals surface area (Å²) >= 11 is 0. The van der Waals surface area contributed by atoms with Crippen molar-refractivity contribution in [3.63, 3.8) is 0 Å². The van der Waals surface area contributed by atoms with Crippen molar-refractivity contribution >= 4 is 0 Å². The third-order valence-corrected chi connectivity index (χ3v) is 3.49. The molecule has 0 aromatic heterocycles. The summed E-state index contributed by atoms with van der Waals surface area (Å²) in [7, 11) is 0. The highest BCUT2D eigenvalue weighted by Gasteiger charge is 2.20. The fourth-order valence-electron chi connectivity index (χ4n) is 2.10. The molecule has 3 rings (SSSR count). The van der Waals surface area contributed by atoms with Crippen LogP contribution >= 0.6 is 0 Å². The van der Waals surface area contributed by atoms with E-state index in [0.29, 0.717) is 17.4 Å². The molecule has 0 amide bonds. The van der Waals surface area contributed by atoms with Crippen LogP contribution in [0.2, 0.25) is 0 Å². The Hall–Kier alpha value is -1.87. The number of para-hydroxylation sites is 1. The molecule has 0 heterocycles. The summed E-state index contributed by atoms with van der Waals surface area (Å²) < 4.78 is 19.2. The van der Waals surface area contributed by atoms with E-state index < -0.39 is 0 Å². The van der Waals surface area contributed by atoms with Gasteiger partial charge in [-0.3, -0.25) is 0 Å². The Balaban J connectivity index is 1.76. The molecule has 0 radical (unpaired) electrons. The van der Waals surface area contributed by atoms with Crippen LogP contribution in [0.4, 0.5) is 4.39 Å². The molecule has 2 aromatic carbocycles. The third kappa shape index (κ3) is 3.17. The lowest BCUT2D eigenvalue weighted by molar-refractivity contribution is 0.470. The number of benzene rings is 2. The largest absolute Gasteiger partial charge is 0.457 e. The van der Waals surface area contributed by atoms with Crippen LogP contribution in [-0.2, 0) is 6.54 Å². The van der Waals surface area contributed by atoms with Crippen LogP contribution in [-0.4, -0.2) is 6.04 Å².